The highest BCUT2D eigenvalue weighted by atomic mass is 32.1. The van der Waals surface area contributed by atoms with Crippen molar-refractivity contribution in [3.63, 3.8) is 0 Å². The third kappa shape index (κ3) is 2.82. The summed E-state index contributed by atoms with van der Waals surface area (Å²) in [6, 6.07) is 9.61. The molecule has 0 radical (unpaired) electrons. The van der Waals surface area contributed by atoms with Crippen molar-refractivity contribution in [2.45, 2.75) is 0 Å². The third-order valence-electron chi connectivity index (χ3n) is 3.05. The van der Waals surface area contributed by atoms with Gasteiger partial charge < -0.3 is 9.80 Å². The number of hydrogen-bond donors (Lipinski definition) is 0. The quantitative estimate of drug-likeness (QED) is 0.701. The number of nitrogens with zero attached hydrogens (tertiary/aromatic N) is 3. The van der Waals surface area contributed by atoms with Crippen LogP contribution in [0.25, 0.3) is 0 Å². The molecule has 0 saturated carbocycles. The second kappa shape index (κ2) is 5.26. The predicted octanol–water partition coefficient (Wildman–Crippen LogP) is 1.48. The van der Waals surface area contributed by atoms with Gasteiger partial charge in [0, 0.05) is 31.7 Å². The van der Waals surface area contributed by atoms with E-state index in [-0.39, 0.29) is 0 Å². The first-order valence-corrected chi connectivity index (χ1v) is 6.09. The highest BCUT2D eigenvalue weighted by molar-refractivity contribution is 7.80. The van der Waals surface area contributed by atoms with E-state index in [2.05, 4.69) is 22.9 Å². The number of piperazine rings is 1. The standard InChI is InChI=1S/C13H15N3S/c1-15-6-8-16(9-7-15)13(17)12-4-2-11(10-14)3-5-12/h2-5H,6-9H2,1H3. The van der Waals surface area contributed by atoms with Crippen molar-refractivity contribution in [2.24, 2.45) is 0 Å². The SMILES string of the molecule is CN1CCN(C(=S)c2ccc(C#N)cc2)CC1. The molecule has 0 atom stereocenters. The molecule has 0 unspecified atom stereocenters. The number of likely N-dealkylation sites (N-methyl/N-ethyl adjacent to an activating group) is 1. The summed E-state index contributed by atoms with van der Waals surface area (Å²) in [7, 11) is 2.13. The summed E-state index contributed by atoms with van der Waals surface area (Å²) >= 11 is 5.48. The monoisotopic (exact) mass is 245 g/mol. The van der Waals surface area contributed by atoms with E-state index in [1.807, 2.05) is 24.3 Å². The molecule has 17 heavy (non-hydrogen) atoms. The lowest BCUT2D eigenvalue weighted by Gasteiger charge is -2.34. The Hall–Kier alpha value is -1.44. The van der Waals surface area contributed by atoms with Crippen molar-refractivity contribution >= 4 is 17.2 Å². The Kier molecular flexibility index (Phi) is 3.72. The van der Waals surface area contributed by atoms with Crippen LogP contribution in [0, 0.1) is 11.3 Å². The topological polar surface area (TPSA) is 30.3 Å². The summed E-state index contributed by atoms with van der Waals surface area (Å²) in [6.45, 7) is 4.07. The Morgan fingerprint density at radius 2 is 1.76 bits per heavy atom. The highest BCUT2D eigenvalue weighted by Gasteiger charge is 2.17. The minimum Gasteiger partial charge on any atom is -0.360 e. The van der Waals surface area contributed by atoms with Crippen LogP contribution in [0.3, 0.4) is 0 Å². The first-order chi connectivity index (χ1) is 8.20. The van der Waals surface area contributed by atoms with Gasteiger partial charge in [0.2, 0.25) is 0 Å². The zero-order chi connectivity index (χ0) is 12.3. The summed E-state index contributed by atoms with van der Waals surface area (Å²) in [6.07, 6.45) is 0. The highest BCUT2D eigenvalue weighted by Crippen LogP contribution is 2.10. The molecule has 0 aliphatic carbocycles. The van der Waals surface area contributed by atoms with Gasteiger partial charge in [0.25, 0.3) is 0 Å². The van der Waals surface area contributed by atoms with E-state index < -0.39 is 0 Å². The van der Waals surface area contributed by atoms with Gasteiger partial charge in [0.05, 0.1) is 11.6 Å². The largest absolute Gasteiger partial charge is 0.360 e. The molecular formula is C13H15N3S. The lowest BCUT2D eigenvalue weighted by molar-refractivity contribution is 0.218. The molecule has 0 spiro atoms. The van der Waals surface area contributed by atoms with Gasteiger partial charge in [-0.3, -0.25) is 0 Å². The van der Waals surface area contributed by atoms with Crippen molar-refractivity contribution in [1.29, 1.82) is 5.26 Å². The summed E-state index contributed by atoms with van der Waals surface area (Å²) < 4.78 is 0. The van der Waals surface area contributed by atoms with Crippen molar-refractivity contribution in [1.82, 2.24) is 9.80 Å². The van der Waals surface area contributed by atoms with Crippen LogP contribution in [-0.2, 0) is 0 Å². The minimum atomic E-state index is 0.676. The average Bonchev–Trinajstić information content (AvgIpc) is 2.39. The summed E-state index contributed by atoms with van der Waals surface area (Å²) in [5.41, 5.74) is 1.71. The zero-order valence-electron chi connectivity index (χ0n) is 9.89. The number of thiocarbonyl (C=S) groups is 1. The number of benzene rings is 1. The van der Waals surface area contributed by atoms with Crippen molar-refractivity contribution in [2.75, 3.05) is 33.2 Å². The number of rotatable bonds is 1. The van der Waals surface area contributed by atoms with E-state index in [0.29, 0.717) is 5.56 Å². The molecule has 3 nitrogen and oxygen atoms in total. The minimum absolute atomic E-state index is 0.676. The van der Waals surface area contributed by atoms with E-state index in [0.717, 1.165) is 36.7 Å². The fourth-order valence-electron chi connectivity index (χ4n) is 1.88. The molecule has 1 saturated heterocycles. The normalized spacial score (nSPS) is 16.6. The van der Waals surface area contributed by atoms with Crippen LogP contribution in [0.2, 0.25) is 0 Å². The second-order valence-electron chi connectivity index (χ2n) is 4.28. The second-order valence-corrected chi connectivity index (χ2v) is 4.67. The molecule has 88 valence electrons. The molecule has 0 bridgehead atoms. The zero-order valence-corrected chi connectivity index (χ0v) is 10.7. The Morgan fingerprint density at radius 1 is 1.18 bits per heavy atom. The summed E-state index contributed by atoms with van der Waals surface area (Å²) in [5, 5.41) is 8.75. The molecule has 0 N–H and O–H groups in total. The third-order valence-corrected chi connectivity index (χ3v) is 3.55. The van der Waals surface area contributed by atoms with Gasteiger partial charge in [-0.1, -0.05) is 24.4 Å². The summed E-state index contributed by atoms with van der Waals surface area (Å²) in [4.78, 5) is 5.43. The first-order valence-electron chi connectivity index (χ1n) is 5.68. The van der Waals surface area contributed by atoms with Gasteiger partial charge in [-0.05, 0) is 19.2 Å². The molecule has 1 aromatic rings. The maximum Gasteiger partial charge on any atom is 0.109 e. The van der Waals surface area contributed by atoms with E-state index in [1.54, 1.807) is 0 Å². The fourth-order valence-corrected chi connectivity index (χ4v) is 2.20. The van der Waals surface area contributed by atoms with Crippen LogP contribution in [0.5, 0.6) is 0 Å². The molecule has 2 rings (SSSR count). The fraction of sp³-hybridized carbons (Fsp3) is 0.385. The van der Waals surface area contributed by atoms with E-state index in [9.17, 15) is 0 Å². The van der Waals surface area contributed by atoms with E-state index in [4.69, 9.17) is 17.5 Å². The van der Waals surface area contributed by atoms with Crippen LogP contribution < -0.4 is 0 Å². The van der Waals surface area contributed by atoms with Gasteiger partial charge in [0.1, 0.15) is 4.99 Å². The Morgan fingerprint density at radius 3 is 2.29 bits per heavy atom. The van der Waals surface area contributed by atoms with Gasteiger partial charge in [-0.25, -0.2) is 0 Å². The maximum absolute atomic E-state index is 8.75. The lowest BCUT2D eigenvalue weighted by Crippen LogP contribution is -2.46. The van der Waals surface area contributed by atoms with Crippen LogP contribution in [0.1, 0.15) is 11.1 Å². The molecule has 0 amide bonds. The molecule has 1 aliphatic heterocycles. The molecular weight excluding hydrogens is 230 g/mol. The summed E-state index contributed by atoms with van der Waals surface area (Å²) in [5.74, 6) is 0. The van der Waals surface area contributed by atoms with Crippen molar-refractivity contribution in [3.05, 3.63) is 35.4 Å². The maximum atomic E-state index is 8.75. The number of nitriles is 1. The van der Waals surface area contributed by atoms with Crippen molar-refractivity contribution in [3.8, 4) is 6.07 Å². The van der Waals surface area contributed by atoms with Gasteiger partial charge in [0.15, 0.2) is 0 Å². The van der Waals surface area contributed by atoms with Crippen LogP contribution >= 0.6 is 12.2 Å². The molecule has 1 fully saturated rings. The molecule has 0 aromatic heterocycles. The van der Waals surface area contributed by atoms with E-state index >= 15 is 0 Å². The first kappa shape index (κ1) is 12.0. The van der Waals surface area contributed by atoms with Gasteiger partial charge >= 0.3 is 0 Å². The Labute approximate surface area is 107 Å². The van der Waals surface area contributed by atoms with Crippen molar-refractivity contribution < 1.29 is 0 Å². The van der Waals surface area contributed by atoms with Gasteiger partial charge in [-0.15, -0.1) is 0 Å². The molecule has 1 heterocycles. The molecule has 1 aliphatic rings. The van der Waals surface area contributed by atoms with Crippen LogP contribution in [0.15, 0.2) is 24.3 Å². The Bertz CT molecular complexity index is 439. The molecule has 4 heteroatoms. The smallest absolute Gasteiger partial charge is 0.109 e. The van der Waals surface area contributed by atoms with Crippen LogP contribution in [0.4, 0.5) is 0 Å². The average molecular weight is 245 g/mol. The number of hydrogen-bond acceptors (Lipinski definition) is 3. The Balaban J connectivity index is 2.06. The van der Waals surface area contributed by atoms with E-state index in [1.165, 1.54) is 0 Å². The van der Waals surface area contributed by atoms with Gasteiger partial charge in [-0.2, -0.15) is 5.26 Å². The van der Waals surface area contributed by atoms with Crippen LogP contribution in [-0.4, -0.2) is 48.0 Å². The predicted molar refractivity (Wildman–Crippen MR) is 71.9 cm³/mol. The lowest BCUT2D eigenvalue weighted by atomic mass is 10.1. The molecule has 1 aromatic carbocycles.